The second-order valence-corrected chi connectivity index (χ2v) is 9.26. The van der Waals surface area contributed by atoms with Crippen LogP contribution in [0.3, 0.4) is 0 Å². The molecular weight excluding hydrogens is 459 g/mol. The van der Waals surface area contributed by atoms with E-state index in [0.29, 0.717) is 44.0 Å². The van der Waals surface area contributed by atoms with Gasteiger partial charge in [-0.25, -0.2) is 0 Å². The lowest BCUT2D eigenvalue weighted by Gasteiger charge is -2.34. The van der Waals surface area contributed by atoms with Crippen LogP contribution in [-0.4, -0.2) is 55.3 Å². The van der Waals surface area contributed by atoms with E-state index in [1.54, 1.807) is 0 Å². The van der Waals surface area contributed by atoms with E-state index >= 15 is 0 Å². The summed E-state index contributed by atoms with van der Waals surface area (Å²) in [6.45, 7) is 1.24. The molecule has 1 saturated carbocycles. The highest BCUT2D eigenvalue weighted by atomic mass is 19.4. The number of hydrogen-bond acceptors (Lipinski definition) is 4. The number of amides is 2. The van der Waals surface area contributed by atoms with Crippen LogP contribution in [0.4, 0.5) is 13.2 Å². The Morgan fingerprint density at radius 1 is 1.06 bits per heavy atom. The van der Waals surface area contributed by atoms with Gasteiger partial charge in [0.2, 0.25) is 11.8 Å². The molecule has 1 heterocycles. The highest BCUT2D eigenvalue weighted by molar-refractivity contribution is 5.95. The summed E-state index contributed by atoms with van der Waals surface area (Å²) in [5.74, 6) is -0.720. The van der Waals surface area contributed by atoms with Gasteiger partial charge in [-0.1, -0.05) is 42.5 Å². The third kappa shape index (κ3) is 6.14. The molecule has 1 aliphatic heterocycles. The maximum absolute atomic E-state index is 13.5. The van der Waals surface area contributed by atoms with Gasteiger partial charge in [0.25, 0.3) is 0 Å². The highest BCUT2D eigenvalue weighted by Crippen LogP contribution is 2.49. The van der Waals surface area contributed by atoms with Crippen molar-refractivity contribution < 1.29 is 27.5 Å². The number of rotatable bonds is 8. The number of benzene rings is 2. The second-order valence-electron chi connectivity index (χ2n) is 9.26. The SMILES string of the molecule is CNC1CCN(C(=O)[C@H](Cc2ccccc2)NC(=O)C2(c3ccc(OC(F)(F)F)cc3)CC2)CC1. The molecule has 1 aliphatic carbocycles. The van der Waals surface area contributed by atoms with E-state index in [9.17, 15) is 22.8 Å². The van der Waals surface area contributed by atoms with E-state index in [2.05, 4.69) is 15.4 Å². The first-order valence-corrected chi connectivity index (χ1v) is 11.9. The molecule has 2 aromatic carbocycles. The summed E-state index contributed by atoms with van der Waals surface area (Å²) in [6, 6.07) is 14.6. The molecule has 0 unspecified atom stereocenters. The zero-order chi connectivity index (χ0) is 25.1. The number of nitrogens with one attached hydrogen (secondary N) is 2. The number of carbonyl (C=O) groups is 2. The summed E-state index contributed by atoms with van der Waals surface area (Å²) in [7, 11) is 1.91. The van der Waals surface area contributed by atoms with E-state index < -0.39 is 17.8 Å². The molecule has 2 fully saturated rings. The summed E-state index contributed by atoms with van der Waals surface area (Å²) in [5.41, 5.74) is 0.713. The quantitative estimate of drug-likeness (QED) is 0.595. The molecule has 35 heavy (non-hydrogen) atoms. The average Bonchev–Trinajstić information content (AvgIpc) is 3.65. The molecule has 2 aliphatic rings. The van der Waals surface area contributed by atoms with Crippen LogP contribution in [0, 0.1) is 0 Å². The van der Waals surface area contributed by atoms with Crippen molar-refractivity contribution in [2.24, 2.45) is 0 Å². The third-order valence-corrected chi connectivity index (χ3v) is 6.93. The number of alkyl halides is 3. The van der Waals surface area contributed by atoms with Gasteiger partial charge in [-0.05, 0) is 56.0 Å². The normalized spacial score (nSPS) is 18.6. The molecule has 4 rings (SSSR count). The Bertz CT molecular complexity index is 1020. The largest absolute Gasteiger partial charge is 0.573 e. The van der Waals surface area contributed by atoms with E-state index in [0.717, 1.165) is 18.4 Å². The predicted octanol–water partition coefficient (Wildman–Crippen LogP) is 3.55. The minimum absolute atomic E-state index is 0.110. The van der Waals surface area contributed by atoms with Crippen molar-refractivity contribution in [1.29, 1.82) is 0 Å². The zero-order valence-electron chi connectivity index (χ0n) is 19.6. The van der Waals surface area contributed by atoms with Gasteiger partial charge in [-0.3, -0.25) is 9.59 Å². The molecule has 0 bridgehead atoms. The molecular formula is C26H30F3N3O3. The number of ether oxygens (including phenoxy) is 1. The number of piperidine rings is 1. The van der Waals surface area contributed by atoms with Crippen LogP contribution < -0.4 is 15.4 Å². The molecule has 2 amide bonds. The Kier molecular flexibility index (Phi) is 7.35. The van der Waals surface area contributed by atoms with E-state index in [-0.39, 0.29) is 17.6 Å². The van der Waals surface area contributed by atoms with Crippen molar-refractivity contribution in [2.45, 2.75) is 56.0 Å². The first-order chi connectivity index (χ1) is 16.7. The summed E-state index contributed by atoms with van der Waals surface area (Å²) >= 11 is 0. The van der Waals surface area contributed by atoms with Gasteiger partial charge < -0.3 is 20.3 Å². The summed E-state index contributed by atoms with van der Waals surface area (Å²) in [4.78, 5) is 28.7. The second kappa shape index (κ2) is 10.3. The van der Waals surface area contributed by atoms with Crippen molar-refractivity contribution in [1.82, 2.24) is 15.5 Å². The van der Waals surface area contributed by atoms with Crippen LogP contribution in [0.25, 0.3) is 0 Å². The van der Waals surface area contributed by atoms with Crippen LogP contribution in [0.5, 0.6) is 5.75 Å². The van der Waals surface area contributed by atoms with Crippen LogP contribution in [0.1, 0.15) is 36.8 Å². The lowest BCUT2D eigenvalue weighted by molar-refractivity contribution is -0.274. The fourth-order valence-corrected chi connectivity index (χ4v) is 4.70. The summed E-state index contributed by atoms with van der Waals surface area (Å²) in [6.07, 6.45) is -1.57. The molecule has 0 radical (unpaired) electrons. The topological polar surface area (TPSA) is 70.7 Å². The molecule has 9 heteroatoms. The van der Waals surface area contributed by atoms with E-state index in [1.165, 1.54) is 24.3 Å². The monoisotopic (exact) mass is 489 g/mol. The smallest absolute Gasteiger partial charge is 0.406 e. The van der Waals surface area contributed by atoms with Crippen molar-refractivity contribution in [2.75, 3.05) is 20.1 Å². The molecule has 2 aromatic rings. The average molecular weight is 490 g/mol. The number of halogens is 3. The first-order valence-electron chi connectivity index (χ1n) is 11.9. The summed E-state index contributed by atoms with van der Waals surface area (Å²) < 4.78 is 41.4. The predicted molar refractivity (Wildman–Crippen MR) is 125 cm³/mol. The van der Waals surface area contributed by atoms with Gasteiger partial charge >= 0.3 is 6.36 Å². The van der Waals surface area contributed by atoms with Gasteiger partial charge in [-0.15, -0.1) is 13.2 Å². The Labute approximate surface area is 202 Å². The highest BCUT2D eigenvalue weighted by Gasteiger charge is 2.52. The lowest BCUT2D eigenvalue weighted by atomic mass is 9.93. The van der Waals surface area contributed by atoms with Crippen molar-refractivity contribution in [3.05, 3.63) is 65.7 Å². The maximum atomic E-state index is 13.5. The lowest BCUT2D eigenvalue weighted by Crippen LogP contribution is -2.54. The summed E-state index contributed by atoms with van der Waals surface area (Å²) in [5, 5.41) is 6.23. The molecule has 188 valence electrons. The number of likely N-dealkylation sites (tertiary alicyclic amines) is 1. The third-order valence-electron chi connectivity index (χ3n) is 6.93. The number of hydrogen-bond donors (Lipinski definition) is 2. The molecule has 1 atom stereocenters. The van der Waals surface area contributed by atoms with Crippen molar-refractivity contribution in [3.8, 4) is 5.75 Å². The van der Waals surface area contributed by atoms with Crippen LogP contribution >= 0.6 is 0 Å². The molecule has 0 aromatic heterocycles. The minimum atomic E-state index is -4.77. The molecule has 2 N–H and O–H groups in total. The fourth-order valence-electron chi connectivity index (χ4n) is 4.70. The Morgan fingerprint density at radius 3 is 2.23 bits per heavy atom. The Hall–Kier alpha value is -3.07. The Balaban J connectivity index is 1.49. The maximum Gasteiger partial charge on any atom is 0.573 e. The van der Waals surface area contributed by atoms with Gasteiger partial charge in [0.1, 0.15) is 11.8 Å². The standard InChI is InChI=1S/C26H30F3N3O3/c1-30-20-11-15-32(16-12-20)23(33)22(17-18-5-3-2-4-6-18)31-24(34)25(13-14-25)19-7-9-21(10-8-19)35-26(27,28)29/h2-10,20,22,30H,11-17H2,1H3,(H,31,34)/t22-/m0/s1. The van der Waals surface area contributed by atoms with Gasteiger partial charge in [0.15, 0.2) is 0 Å². The van der Waals surface area contributed by atoms with Crippen molar-refractivity contribution in [3.63, 3.8) is 0 Å². The number of nitrogens with zero attached hydrogens (tertiary/aromatic N) is 1. The van der Waals surface area contributed by atoms with Gasteiger partial charge in [0, 0.05) is 25.6 Å². The van der Waals surface area contributed by atoms with Gasteiger partial charge in [-0.2, -0.15) is 0 Å². The molecule has 0 spiro atoms. The Morgan fingerprint density at radius 2 is 1.69 bits per heavy atom. The van der Waals surface area contributed by atoms with Crippen LogP contribution in [0.15, 0.2) is 54.6 Å². The van der Waals surface area contributed by atoms with Crippen LogP contribution in [-0.2, 0) is 21.4 Å². The van der Waals surface area contributed by atoms with E-state index in [4.69, 9.17) is 0 Å². The zero-order valence-corrected chi connectivity index (χ0v) is 19.6. The van der Waals surface area contributed by atoms with Gasteiger partial charge in [0.05, 0.1) is 5.41 Å². The first kappa shape index (κ1) is 25.0. The number of carbonyl (C=O) groups excluding carboxylic acids is 2. The van der Waals surface area contributed by atoms with E-state index in [1.807, 2.05) is 42.3 Å². The minimum Gasteiger partial charge on any atom is -0.406 e. The molecule has 1 saturated heterocycles. The van der Waals surface area contributed by atoms with Crippen molar-refractivity contribution >= 4 is 11.8 Å². The fraction of sp³-hybridized carbons (Fsp3) is 0.462. The van der Waals surface area contributed by atoms with Crippen LogP contribution in [0.2, 0.25) is 0 Å². The molecule has 6 nitrogen and oxygen atoms in total.